The highest BCUT2D eigenvalue weighted by atomic mass is 79.9. The van der Waals surface area contributed by atoms with Gasteiger partial charge in [-0.05, 0) is 22.9 Å². The lowest BCUT2D eigenvalue weighted by Crippen LogP contribution is -2.18. The lowest BCUT2D eigenvalue weighted by molar-refractivity contribution is 0.000536. The molecular weight excluding hydrogens is 286 g/mol. The second kappa shape index (κ2) is 3.80. The van der Waals surface area contributed by atoms with Crippen molar-refractivity contribution in [3.8, 4) is 0 Å². The van der Waals surface area contributed by atoms with Gasteiger partial charge >= 0.3 is 5.97 Å². The number of halogens is 3. The van der Waals surface area contributed by atoms with Crippen molar-refractivity contribution in [1.29, 1.82) is 0 Å². The van der Waals surface area contributed by atoms with Crippen molar-refractivity contribution >= 4 is 21.9 Å². The summed E-state index contributed by atoms with van der Waals surface area (Å²) < 4.78 is 32.3. The monoisotopic (exact) mass is 294 g/mol. The van der Waals surface area contributed by atoms with E-state index < -0.39 is 24.9 Å². The molecule has 16 heavy (non-hydrogen) atoms. The summed E-state index contributed by atoms with van der Waals surface area (Å²) in [6.07, 6.45) is -0.403. The van der Waals surface area contributed by atoms with Gasteiger partial charge in [0.1, 0.15) is 6.54 Å². The number of carbonyl (C=O) groups is 1. The first-order valence-electron chi connectivity index (χ1n) is 4.75. The SMILES string of the molecule is CCOC(=O)c1nn2c(c1Br)CC(F)(F)C2. The van der Waals surface area contributed by atoms with Crippen LogP contribution in [0.2, 0.25) is 0 Å². The van der Waals surface area contributed by atoms with E-state index in [2.05, 4.69) is 21.0 Å². The number of fused-ring (bicyclic) bond motifs is 1. The van der Waals surface area contributed by atoms with E-state index in [0.29, 0.717) is 10.2 Å². The third-order valence-electron chi connectivity index (χ3n) is 2.27. The largest absolute Gasteiger partial charge is 0.461 e. The average molecular weight is 295 g/mol. The quantitative estimate of drug-likeness (QED) is 0.784. The number of alkyl halides is 2. The van der Waals surface area contributed by atoms with Crippen LogP contribution in [0, 0.1) is 0 Å². The zero-order chi connectivity index (χ0) is 11.9. The summed E-state index contributed by atoms with van der Waals surface area (Å²) >= 11 is 3.11. The number of aromatic nitrogens is 2. The van der Waals surface area contributed by atoms with Crippen molar-refractivity contribution in [2.45, 2.75) is 25.8 Å². The van der Waals surface area contributed by atoms with Crippen LogP contribution in [-0.4, -0.2) is 28.3 Å². The molecule has 1 aromatic heterocycles. The molecule has 7 heteroatoms. The minimum atomic E-state index is -2.78. The number of ether oxygens (including phenoxy) is 1. The highest BCUT2D eigenvalue weighted by Gasteiger charge is 2.41. The van der Waals surface area contributed by atoms with E-state index in [-0.39, 0.29) is 12.3 Å². The molecule has 0 saturated heterocycles. The molecule has 0 N–H and O–H groups in total. The Bertz CT molecular complexity index is 445. The molecule has 0 bridgehead atoms. The fourth-order valence-corrected chi connectivity index (χ4v) is 2.21. The van der Waals surface area contributed by atoms with Crippen LogP contribution in [0.15, 0.2) is 4.47 Å². The van der Waals surface area contributed by atoms with Crippen LogP contribution < -0.4 is 0 Å². The number of hydrogen-bond donors (Lipinski definition) is 0. The molecule has 2 rings (SSSR count). The summed E-state index contributed by atoms with van der Waals surface area (Å²) in [5.41, 5.74) is 0.403. The molecule has 0 aliphatic carbocycles. The van der Waals surface area contributed by atoms with Crippen molar-refractivity contribution in [3.05, 3.63) is 15.9 Å². The summed E-state index contributed by atoms with van der Waals surface area (Å²) in [5, 5.41) is 3.82. The van der Waals surface area contributed by atoms with E-state index in [1.807, 2.05) is 0 Å². The van der Waals surface area contributed by atoms with Crippen LogP contribution in [-0.2, 0) is 17.7 Å². The highest BCUT2D eigenvalue weighted by Crippen LogP contribution is 2.35. The van der Waals surface area contributed by atoms with Gasteiger partial charge in [0.25, 0.3) is 5.92 Å². The summed E-state index contributed by atoms with van der Waals surface area (Å²) in [7, 11) is 0. The maximum absolute atomic E-state index is 13.0. The van der Waals surface area contributed by atoms with Crippen LogP contribution in [0.5, 0.6) is 0 Å². The van der Waals surface area contributed by atoms with Gasteiger partial charge in [0.2, 0.25) is 0 Å². The Morgan fingerprint density at radius 3 is 2.94 bits per heavy atom. The predicted molar refractivity (Wildman–Crippen MR) is 54.5 cm³/mol. The first-order valence-corrected chi connectivity index (χ1v) is 5.54. The van der Waals surface area contributed by atoms with Crippen LogP contribution in [0.25, 0.3) is 0 Å². The van der Waals surface area contributed by atoms with E-state index >= 15 is 0 Å². The van der Waals surface area contributed by atoms with E-state index in [9.17, 15) is 13.6 Å². The van der Waals surface area contributed by atoms with Gasteiger partial charge in [-0.25, -0.2) is 13.6 Å². The van der Waals surface area contributed by atoms with Gasteiger partial charge in [-0.3, -0.25) is 4.68 Å². The van der Waals surface area contributed by atoms with Crippen molar-refractivity contribution < 1.29 is 18.3 Å². The Hall–Kier alpha value is -0.980. The highest BCUT2D eigenvalue weighted by molar-refractivity contribution is 9.10. The zero-order valence-electron chi connectivity index (χ0n) is 8.47. The summed E-state index contributed by atoms with van der Waals surface area (Å²) in [4.78, 5) is 11.4. The topological polar surface area (TPSA) is 44.1 Å². The molecule has 0 atom stereocenters. The lowest BCUT2D eigenvalue weighted by atomic mass is 10.2. The molecule has 0 radical (unpaired) electrons. The van der Waals surface area contributed by atoms with Crippen LogP contribution in [0.3, 0.4) is 0 Å². The first kappa shape index (κ1) is 11.5. The third-order valence-corrected chi connectivity index (χ3v) is 3.10. The molecule has 1 aliphatic rings. The molecule has 88 valence electrons. The van der Waals surface area contributed by atoms with Gasteiger partial charge in [0.15, 0.2) is 5.69 Å². The molecule has 0 unspecified atom stereocenters. The van der Waals surface area contributed by atoms with E-state index in [1.54, 1.807) is 6.92 Å². The third kappa shape index (κ3) is 1.83. The smallest absolute Gasteiger partial charge is 0.360 e. The predicted octanol–water partition coefficient (Wildman–Crippen LogP) is 2.01. The minimum Gasteiger partial charge on any atom is -0.461 e. The van der Waals surface area contributed by atoms with Crippen molar-refractivity contribution in [2.75, 3.05) is 6.61 Å². The molecule has 0 aromatic carbocycles. The normalized spacial score (nSPS) is 17.2. The summed E-state index contributed by atoms with van der Waals surface area (Å²) in [5.74, 6) is -3.38. The van der Waals surface area contributed by atoms with Gasteiger partial charge in [-0.15, -0.1) is 0 Å². The fraction of sp³-hybridized carbons (Fsp3) is 0.556. The average Bonchev–Trinajstić information content (AvgIpc) is 2.62. The molecule has 0 saturated carbocycles. The Morgan fingerprint density at radius 2 is 2.38 bits per heavy atom. The Labute approximate surface area is 98.7 Å². The lowest BCUT2D eigenvalue weighted by Gasteiger charge is -2.05. The van der Waals surface area contributed by atoms with Crippen LogP contribution in [0.4, 0.5) is 8.78 Å². The fourth-order valence-electron chi connectivity index (χ4n) is 1.62. The Kier molecular flexibility index (Phi) is 2.73. The van der Waals surface area contributed by atoms with Crippen LogP contribution in [0.1, 0.15) is 23.1 Å². The molecule has 0 fully saturated rings. The molecule has 1 aliphatic heterocycles. The number of rotatable bonds is 2. The number of hydrogen-bond acceptors (Lipinski definition) is 3. The Morgan fingerprint density at radius 1 is 1.69 bits per heavy atom. The Balaban J connectivity index is 2.31. The van der Waals surface area contributed by atoms with Gasteiger partial charge in [0, 0.05) is 0 Å². The maximum Gasteiger partial charge on any atom is 0.360 e. The minimum absolute atomic E-state index is 0.0624. The van der Waals surface area contributed by atoms with Crippen molar-refractivity contribution in [1.82, 2.24) is 9.78 Å². The van der Waals surface area contributed by atoms with Gasteiger partial charge in [0.05, 0.1) is 23.2 Å². The standard InChI is InChI=1S/C9H9BrF2N2O2/c1-2-16-8(15)7-6(10)5-3-9(11,12)4-14(5)13-7/h2-4H2,1H3. The molecule has 2 heterocycles. The first-order chi connectivity index (χ1) is 7.44. The van der Waals surface area contributed by atoms with Crippen molar-refractivity contribution in [3.63, 3.8) is 0 Å². The van der Waals surface area contributed by atoms with Gasteiger partial charge in [-0.2, -0.15) is 5.10 Å². The molecule has 0 amide bonds. The van der Waals surface area contributed by atoms with E-state index in [0.717, 1.165) is 4.68 Å². The van der Waals surface area contributed by atoms with E-state index in [4.69, 9.17) is 4.74 Å². The van der Waals surface area contributed by atoms with Crippen LogP contribution >= 0.6 is 15.9 Å². The summed E-state index contributed by atoms with van der Waals surface area (Å²) in [6.45, 7) is 1.41. The number of carbonyl (C=O) groups excluding carboxylic acids is 1. The summed E-state index contributed by atoms with van der Waals surface area (Å²) in [6, 6.07) is 0. The number of nitrogens with zero attached hydrogens (tertiary/aromatic N) is 2. The second-order valence-electron chi connectivity index (χ2n) is 3.52. The maximum atomic E-state index is 13.0. The van der Waals surface area contributed by atoms with Gasteiger partial charge < -0.3 is 4.74 Å². The number of esters is 1. The molecule has 0 spiro atoms. The van der Waals surface area contributed by atoms with Crippen molar-refractivity contribution in [2.24, 2.45) is 0 Å². The molecular formula is C9H9BrF2N2O2. The van der Waals surface area contributed by atoms with Gasteiger partial charge in [-0.1, -0.05) is 0 Å². The van der Waals surface area contributed by atoms with E-state index in [1.165, 1.54) is 0 Å². The molecule has 1 aromatic rings. The zero-order valence-corrected chi connectivity index (χ0v) is 10.1. The molecule has 4 nitrogen and oxygen atoms in total. The second-order valence-corrected chi connectivity index (χ2v) is 4.31.